The van der Waals surface area contributed by atoms with Crippen molar-refractivity contribution in [2.75, 3.05) is 31.3 Å². The average molecular weight is 405 g/mol. The van der Waals surface area contributed by atoms with E-state index in [2.05, 4.69) is 24.1 Å². The van der Waals surface area contributed by atoms with Crippen molar-refractivity contribution in [3.8, 4) is 0 Å². The maximum Gasteiger partial charge on any atom is 0.341 e. The minimum Gasteiger partial charge on any atom is -0.465 e. The number of anilines is 1. The van der Waals surface area contributed by atoms with Gasteiger partial charge >= 0.3 is 5.97 Å². The molecule has 7 heteroatoms. The number of fused-ring (bicyclic) bond motifs is 1. The van der Waals surface area contributed by atoms with Crippen LogP contribution in [0.3, 0.4) is 0 Å². The van der Waals surface area contributed by atoms with Crippen LogP contribution in [0.2, 0.25) is 0 Å². The number of nitrogens with zero attached hydrogens (tertiary/aromatic N) is 1. The van der Waals surface area contributed by atoms with Crippen molar-refractivity contribution < 1.29 is 14.3 Å². The second kappa shape index (κ2) is 8.91. The number of thiophene rings is 1. The Bertz CT molecular complexity index is 830. The highest BCUT2D eigenvalue weighted by atomic mass is 32.2. The summed E-state index contributed by atoms with van der Waals surface area (Å²) in [7, 11) is 1.38. The van der Waals surface area contributed by atoms with Crippen LogP contribution in [0.15, 0.2) is 29.2 Å². The maximum atomic E-state index is 12.7. The number of amides is 1. The highest BCUT2D eigenvalue weighted by Gasteiger charge is 2.29. The van der Waals surface area contributed by atoms with E-state index in [1.54, 1.807) is 11.8 Å². The number of hydrogen-bond donors (Lipinski definition) is 1. The normalized spacial score (nSPS) is 13.9. The van der Waals surface area contributed by atoms with Crippen LogP contribution < -0.4 is 5.32 Å². The van der Waals surface area contributed by atoms with Crippen molar-refractivity contribution in [2.45, 2.75) is 31.7 Å². The number of hydrogen-bond acceptors (Lipinski definition) is 6. The molecule has 27 heavy (non-hydrogen) atoms. The second-order valence-electron chi connectivity index (χ2n) is 6.23. The van der Waals surface area contributed by atoms with Crippen LogP contribution in [0.25, 0.3) is 0 Å². The second-order valence-corrected chi connectivity index (χ2v) is 8.67. The first-order valence-corrected chi connectivity index (χ1v) is 10.9. The van der Waals surface area contributed by atoms with E-state index in [1.807, 2.05) is 24.3 Å². The number of rotatable bonds is 6. The van der Waals surface area contributed by atoms with Gasteiger partial charge in [-0.15, -0.1) is 23.1 Å². The molecule has 0 atom stereocenters. The van der Waals surface area contributed by atoms with Crippen molar-refractivity contribution >= 4 is 40.0 Å². The summed E-state index contributed by atoms with van der Waals surface area (Å²) < 4.78 is 4.98. The summed E-state index contributed by atoms with van der Waals surface area (Å²) in [5.74, 6) is 0.394. The third-order valence-electron chi connectivity index (χ3n) is 4.63. The fourth-order valence-electron chi connectivity index (χ4n) is 3.18. The molecule has 1 N–H and O–H groups in total. The first-order valence-electron chi connectivity index (χ1n) is 9.06. The van der Waals surface area contributed by atoms with E-state index >= 15 is 0 Å². The van der Waals surface area contributed by atoms with Crippen molar-refractivity contribution in [2.24, 2.45) is 0 Å². The zero-order valence-electron chi connectivity index (χ0n) is 15.8. The smallest absolute Gasteiger partial charge is 0.341 e. The van der Waals surface area contributed by atoms with Gasteiger partial charge in [-0.1, -0.05) is 13.8 Å². The van der Waals surface area contributed by atoms with Crippen molar-refractivity contribution in [1.82, 2.24) is 4.90 Å². The van der Waals surface area contributed by atoms with Crippen LogP contribution in [-0.4, -0.2) is 42.7 Å². The van der Waals surface area contributed by atoms with Crippen LogP contribution in [0.4, 0.5) is 5.00 Å². The predicted molar refractivity (Wildman–Crippen MR) is 111 cm³/mol. The highest BCUT2D eigenvalue weighted by molar-refractivity contribution is 7.99. The lowest BCUT2D eigenvalue weighted by Crippen LogP contribution is -2.29. The van der Waals surface area contributed by atoms with E-state index in [1.165, 1.54) is 18.4 Å². The fourth-order valence-corrected chi connectivity index (χ4v) is 5.11. The van der Waals surface area contributed by atoms with Crippen LogP contribution in [-0.2, 0) is 17.7 Å². The van der Waals surface area contributed by atoms with Gasteiger partial charge in [0.1, 0.15) is 5.00 Å². The molecule has 1 aromatic heterocycles. The molecule has 0 saturated heterocycles. The molecule has 1 amide bonds. The first-order chi connectivity index (χ1) is 13.1. The van der Waals surface area contributed by atoms with E-state index in [0.29, 0.717) is 16.1 Å². The summed E-state index contributed by atoms with van der Waals surface area (Å²) in [4.78, 5) is 29.7. The van der Waals surface area contributed by atoms with E-state index < -0.39 is 0 Å². The molecule has 0 fully saturated rings. The Hall–Kier alpha value is -1.83. The minimum atomic E-state index is -0.387. The zero-order chi connectivity index (χ0) is 19.4. The van der Waals surface area contributed by atoms with Gasteiger partial charge in [0.25, 0.3) is 5.91 Å². The number of carbonyl (C=O) groups excluding carboxylic acids is 2. The van der Waals surface area contributed by atoms with Gasteiger partial charge in [0.15, 0.2) is 0 Å². The number of carbonyl (C=O) groups is 2. The summed E-state index contributed by atoms with van der Waals surface area (Å²) in [5.41, 5.74) is 2.11. The Morgan fingerprint density at radius 1 is 1.26 bits per heavy atom. The summed E-state index contributed by atoms with van der Waals surface area (Å²) in [6.07, 6.45) is 0.795. The number of nitrogens with one attached hydrogen (secondary N) is 1. The molecule has 5 nitrogen and oxygen atoms in total. The van der Waals surface area contributed by atoms with Gasteiger partial charge in [-0.05, 0) is 48.5 Å². The molecule has 1 aliphatic rings. The average Bonchev–Trinajstić information content (AvgIpc) is 3.04. The number of benzene rings is 1. The van der Waals surface area contributed by atoms with E-state index in [4.69, 9.17) is 4.74 Å². The topological polar surface area (TPSA) is 58.6 Å². The summed E-state index contributed by atoms with van der Waals surface area (Å²) in [6.45, 7) is 6.91. The first kappa shape index (κ1) is 19.9. The molecule has 2 heterocycles. The lowest BCUT2D eigenvalue weighted by molar-refractivity contribution is 0.0600. The predicted octanol–water partition coefficient (Wildman–Crippen LogP) is 4.28. The lowest BCUT2D eigenvalue weighted by Gasteiger charge is -2.25. The van der Waals surface area contributed by atoms with Crippen LogP contribution in [0.1, 0.15) is 45.0 Å². The number of esters is 1. The maximum absolute atomic E-state index is 12.7. The highest BCUT2D eigenvalue weighted by Crippen LogP contribution is 2.37. The monoisotopic (exact) mass is 404 g/mol. The molecule has 0 saturated carbocycles. The molecule has 1 aromatic carbocycles. The Morgan fingerprint density at radius 3 is 2.63 bits per heavy atom. The largest absolute Gasteiger partial charge is 0.465 e. The van der Waals surface area contributed by atoms with Gasteiger partial charge in [-0.3, -0.25) is 9.69 Å². The number of ether oxygens (including phenoxy) is 1. The quantitative estimate of drug-likeness (QED) is 0.575. The van der Waals surface area contributed by atoms with Crippen LogP contribution in [0, 0.1) is 0 Å². The molecule has 2 aromatic rings. The molecule has 0 spiro atoms. The van der Waals surface area contributed by atoms with Crippen molar-refractivity contribution in [3.05, 3.63) is 45.8 Å². The molecule has 144 valence electrons. The van der Waals surface area contributed by atoms with Gasteiger partial charge < -0.3 is 10.1 Å². The molecule has 0 aliphatic carbocycles. The summed E-state index contributed by atoms with van der Waals surface area (Å²) in [6, 6.07) is 7.53. The van der Waals surface area contributed by atoms with Crippen LogP contribution in [0.5, 0.6) is 0 Å². The van der Waals surface area contributed by atoms with Gasteiger partial charge in [-0.2, -0.15) is 0 Å². The molecular formula is C20H24N2O3S2. The molecule has 0 unspecified atom stereocenters. The molecule has 0 radical (unpaired) electrons. The summed E-state index contributed by atoms with van der Waals surface area (Å²) >= 11 is 3.21. The van der Waals surface area contributed by atoms with Gasteiger partial charge in [-0.25, -0.2) is 4.79 Å². The molecule has 3 rings (SSSR count). The third kappa shape index (κ3) is 4.36. The lowest BCUT2D eigenvalue weighted by atomic mass is 10.0. The van der Waals surface area contributed by atoms with Gasteiger partial charge in [0, 0.05) is 28.4 Å². The standard InChI is InChI=1S/C20H24N2O3S2/c1-4-22-11-10-15-16(12-22)27-19(17(15)20(24)25-3)21-18(23)13-6-8-14(9-7-13)26-5-2/h6-9H,4-5,10-12H2,1-3H3,(H,21,23). The Morgan fingerprint density at radius 2 is 2.00 bits per heavy atom. The number of thioether (sulfide) groups is 1. The zero-order valence-corrected chi connectivity index (χ0v) is 17.5. The van der Waals surface area contributed by atoms with Crippen molar-refractivity contribution in [3.63, 3.8) is 0 Å². The van der Waals surface area contributed by atoms with E-state index in [0.717, 1.165) is 47.1 Å². The third-order valence-corrected chi connectivity index (χ3v) is 6.65. The van der Waals surface area contributed by atoms with Gasteiger partial charge in [0.05, 0.1) is 12.7 Å². The molecular weight excluding hydrogens is 380 g/mol. The summed E-state index contributed by atoms with van der Waals surface area (Å²) in [5, 5.41) is 3.52. The van der Waals surface area contributed by atoms with Crippen LogP contribution >= 0.6 is 23.1 Å². The van der Waals surface area contributed by atoms with E-state index in [-0.39, 0.29) is 11.9 Å². The Balaban J connectivity index is 1.86. The molecule has 1 aliphatic heterocycles. The van der Waals surface area contributed by atoms with E-state index in [9.17, 15) is 9.59 Å². The Labute approximate surface area is 168 Å². The SMILES string of the molecule is CCSc1ccc(C(=O)Nc2sc3c(c2C(=O)OC)CCN(CC)C3)cc1. The Kier molecular flexibility index (Phi) is 6.57. The minimum absolute atomic E-state index is 0.209. The van der Waals surface area contributed by atoms with Gasteiger partial charge in [0.2, 0.25) is 0 Å². The van der Waals surface area contributed by atoms with Crippen molar-refractivity contribution in [1.29, 1.82) is 0 Å². The fraction of sp³-hybridized carbons (Fsp3) is 0.400. The number of likely N-dealkylation sites (N-methyl/N-ethyl adjacent to an activating group) is 1. The number of methoxy groups -OCH3 is 1. The molecule has 0 bridgehead atoms.